The van der Waals surface area contributed by atoms with Crippen LogP contribution >= 0.6 is 0 Å². The first-order chi connectivity index (χ1) is 9.69. The van der Waals surface area contributed by atoms with E-state index in [2.05, 4.69) is 11.8 Å². The summed E-state index contributed by atoms with van der Waals surface area (Å²) < 4.78 is 12.9. The van der Waals surface area contributed by atoms with Crippen LogP contribution < -0.4 is 4.90 Å². The molecule has 0 atom stereocenters. The molecule has 2 aromatic carbocycles. The summed E-state index contributed by atoms with van der Waals surface area (Å²) in [6, 6.07) is 14.3. The van der Waals surface area contributed by atoms with E-state index in [9.17, 15) is 4.39 Å². The Morgan fingerprint density at radius 2 is 1.90 bits per heavy atom. The largest absolute Gasteiger partial charge is 0.384 e. The van der Waals surface area contributed by atoms with Crippen molar-refractivity contribution >= 4 is 5.69 Å². The molecule has 0 aromatic heterocycles. The smallest absolute Gasteiger partial charge is 0.123 e. The fraction of sp³-hybridized carbons (Fsp3) is 0.176. The van der Waals surface area contributed by atoms with E-state index in [1.807, 2.05) is 36.2 Å². The first-order valence-electron chi connectivity index (χ1n) is 6.34. The number of rotatable bonds is 3. The fourth-order valence-corrected chi connectivity index (χ4v) is 1.95. The molecule has 0 fully saturated rings. The molecule has 2 nitrogen and oxygen atoms in total. The van der Waals surface area contributed by atoms with Gasteiger partial charge in [-0.15, -0.1) is 0 Å². The Morgan fingerprint density at radius 3 is 2.60 bits per heavy atom. The average molecular weight is 269 g/mol. The monoisotopic (exact) mass is 269 g/mol. The summed E-state index contributed by atoms with van der Waals surface area (Å²) in [6.07, 6.45) is 0. The molecular weight excluding hydrogens is 253 g/mol. The lowest BCUT2D eigenvalue weighted by Crippen LogP contribution is -2.16. The molecule has 0 amide bonds. The van der Waals surface area contributed by atoms with Crippen LogP contribution in [0.25, 0.3) is 0 Å². The molecule has 102 valence electrons. The van der Waals surface area contributed by atoms with Crippen molar-refractivity contribution in [2.75, 3.05) is 18.6 Å². The zero-order valence-corrected chi connectivity index (χ0v) is 11.3. The van der Waals surface area contributed by atoms with Crippen molar-refractivity contribution in [2.24, 2.45) is 0 Å². The summed E-state index contributed by atoms with van der Waals surface area (Å²) in [6.45, 7) is 0.569. The topological polar surface area (TPSA) is 23.5 Å². The molecule has 2 aromatic rings. The number of anilines is 1. The maximum absolute atomic E-state index is 12.9. The van der Waals surface area contributed by atoms with E-state index in [-0.39, 0.29) is 12.4 Å². The first-order valence-corrected chi connectivity index (χ1v) is 6.34. The van der Waals surface area contributed by atoms with Gasteiger partial charge in [0.15, 0.2) is 0 Å². The minimum atomic E-state index is -0.233. The number of hydrogen-bond acceptors (Lipinski definition) is 2. The van der Waals surface area contributed by atoms with Crippen LogP contribution in [0.15, 0.2) is 48.5 Å². The third-order valence-electron chi connectivity index (χ3n) is 2.93. The molecule has 0 bridgehead atoms. The van der Waals surface area contributed by atoms with E-state index in [1.54, 1.807) is 12.1 Å². The van der Waals surface area contributed by atoms with Gasteiger partial charge in [-0.2, -0.15) is 0 Å². The highest BCUT2D eigenvalue weighted by Gasteiger charge is 2.02. The van der Waals surface area contributed by atoms with Gasteiger partial charge in [-0.1, -0.05) is 24.0 Å². The Bertz CT molecular complexity index is 625. The fourth-order valence-electron chi connectivity index (χ4n) is 1.95. The van der Waals surface area contributed by atoms with Crippen molar-refractivity contribution in [2.45, 2.75) is 6.54 Å². The second kappa shape index (κ2) is 6.74. The molecule has 3 heteroatoms. The molecule has 0 saturated heterocycles. The Hall–Kier alpha value is -2.31. The first kappa shape index (κ1) is 14.1. The zero-order valence-electron chi connectivity index (χ0n) is 11.3. The average Bonchev–Trinajstić information content (AvgIpc) is 2.46. The molecule has 2 rings (SSSR count). The maximum atomic E-state index is 12.9. The van der Waals surface area contributed by atoms with E-state index >= 15 is 0 Å². The van der Waals surface area contributed by atoms with Crippen molar-refractivity contribution in [3.63, 3.8) is 0 Å². The van der Waals surface area contributed by atoms with Gasteiger partial charge in [0, 0.05) is 24.8 Å². The molecule has 0 unspecified atom stereocenters. The van der Waals surface area contributed by atoms with Gasteiger partial charge in [0.2, 0.25) is 0 Å². The van der Waals surface area contributed by atoms with Crippen LogP contribution in [0.4, 0.5) is 10.1 Å². The number of nitrogens with zero attached hydrogens (tertiary/aromatic N) is 1. The van der Waals surface area contributed by atoms with Crippen LogP contribution in [0.5, 0.6) is 0 Å². The summed E-state index contributed by atoms with van der Waals surface area (Å²) >= 11 is 0. The molecule has 0 heterocycles. The molecule has 0 spiro atoms. The number of benzene rings is 2. The Labute approximate surface area is 118 Å². The van der Waals surface area contributed by atoms with Gasteiger partial charge >= 0.3 is 0 Å². The predicted molar refractivity (Wildman–Crippen MR) is 78.9 cm³/mol. The van der Waals surface area contributed by atoms with Gasteiger partial charge in [0.1, 0.15) is 12.4 Å². The Morgan fingerprint density at radius 1 is 1.15 bits per heavy atom. The highest BCUT2D eigenvalue weighted by molar-refractivity contribution is 5.47. The van der Waals surface area contributed by atoms with Gasteiger partial charge in [-0.3, -0.25) is 0 Å². The maximum Gasteiger partial charge on any atom is 0.123 e. The van der Waals surface area contributed by atoms with Gasteiger partial charge in [0.25, 0.3) is 0 Å². The molecule has 20 heavy (non-hydrogen) atoms. The van der Waals surface area contributed by atoms with Crippen LogP contribution in [0, 0.1) is 17.7 Å². The van der Waals surface area contributed by atoms with Crippen LogP contribution in [-0.4, -0.2) is 18.8 Å². The quantitative estimate of drug-likeness (QED) is 0.866. The van der Waals surface area contributed by atoms with E-state index in [0.29, 0.717) is 6.54 Å². The van der Waals surface area contributed by atoms with Crippen LogP contribution in [0.3, 0.4) is 0 Å². The highest BCUT2D eigenvalue weighted by atomic mass is 19.1. The normalized spacial score (nSPS) is 9.75. The lowest BCUT2D eigenvalue weighted by molar-refractivity contribution is 0.350. The second-order valence-electron chi connectivity index (χ2n) is 4.49. The van der Waals surface area contributed by atoms with Gasteiger partial charge in [-0.05, 0) is 42.0 Å². The number of halogens is 1. The third kappa shape index (κ3) is 3.84. The van der Waals surface area contributed by atoms with Crippen LogP contribution in [0.2, 0.25) is 0 Å². The summed E-state index contributed by atoms with van der Waals surface area (Å²) in [5.74, 6) is 5.29. The Kier molecular flexibility index (Phi) is 4.75. The van der Waals surface area contributed by atoms with Crippen molar-refractivity contribution in [3.05, 3.63) is 65.5 Å². The minimum absolute atomic E-state index is 0.139. The second-order valence-corrected chi connectivity index (χ2v) is 4.49. The number of aliphatic hydroxyl groups excluding tert-OH is 1. The molecule has 1 N–H and O–H groups in total. The zero-order chi connectivity index (χ0) is 14.4. The highest BCUT2D eigenvalue weighted by Crippen LogP contribution is 2.16. The third-order valence-corrected chi connectivity index (χ3v) is 2.93. The van der Waals surface area contributed by atoms with E-state index in [1.165, 1.54) is 12.1 Å². The summed E-state index contributed by atoms with van der Waals surface area (Å²) in [5, 5.41) is 8.70. The van der Waals surface area contributed by atoms with Crippen molar-refractivity contribution < 1.29 is 9.50 Å². The summed E-state index contributed by atoms with van der Waals surface area (Å²) in [7, 11) is 1.96. The number of hydrogen-bond donors (Lipinski definition) is 1. The molecule has 0 aliphatic heterocycles. The van der Waals surface area contributed by atoms with Gasteiger partial charge in [0.05, 0.1) is 0 Å². The molecule has 0 aliphatic carbocycles. The minimum Gasteiger partial charge on any atom is -0.384 e. The number of aliphatic hydroxyl groups is 1. The molecular formula is C17H16FNO. The van der Waals surface area contributed by atoms with Crippen molar-refractivity contribution in [3.8, 4) is 11.8 Å². The lowest BCUT2D eigenvalue weighted by atomic mass is 10.1. The Balaban J connectivity index is 2.11. The summed E-state index contributed by atoms with van der Waals surface area (Å²) in [4.78, 5) is 2.04. The van der Waals surface area contributed by atoms with Crippen LogP contribution in [0.1, 0.15) is 11.1 Å². The molecule has 0 saturated carbocycles. The van der Waals surface area contributed by atoms with Gasteiger partial charge < -0.3 is 10.0 Å². The van der Waals surface area contributed by atoms with E-state index < -0.39 is 0 Å². The molecule has 0 radical (unpaired) electrons. The van der Waals surface area contributed by atoms with Crippen molar-refractivity contribution in [1.29, 1.82) is 0 Å². The van der Waals surface area contributed by atoms with Crippen LogP contribution in [-0.2, 0) is 6.54 Å². The summed E-state index contributed by atoms with van der Waals surface area (Å²) in [5.41, 5.74) is 2.95. The van der Waals surface area contributed by atoms with Crippen molar-refractivity contribution in [1.82, 2.24) is 0 Å². The van der Waals surface area contributed by atoms with Gasteiger partial charge in [-0.25, -0.2) is 4.39 Å². The lowest BCUT2D eigenvalue weighted by Gasteiger charge is -2.19. The molecule has 0 aliphatic rings. The van der Waals surface area contributed by atoms with E-state index in [4.69, 9.17) is 5.11 Å². The standard InChI is InChI=1S/C17H16FNO/c1-19(17-9-7-16(18)8-10-17)13-15-5-2-4-14(12-15)6-3-11-20/h2,4-5,7-10,12,20H,11,13H2,1H3. The predicted octanol–water partition coefficient (Wildman–Crippen LogP) is 2.81. The SMILES string of the molecule is CN(Cc1cccc(C#CCO)c1)c1ccc(F)cc1. The van der Waals surface area contributed by atoms with E-state index in [0.717, 1.165) is 16.8 Å².